The zero-order valence-electron chi connectivity index (χ0n) is 20.0. The van der Waals surface area contributed by atoms with E-state index >= 15 is 0 Å². The van der Waals surface area contributed by atoms with Crippen molar-refractivity contribution in [2.45, 2.75) is 64.5 Å². The fourth-order valence-electron chi connectivity index (χ4n) is 2.73. The molecule has 0 saturated heterocycles. The van der Waals surface area contributed by atoms with Gasteiger partial charge in [0.05, 0.1) is 10.5 Å². The van der Waals surface area contributed by atoms with Crippen molar-refractivity contribution in [2.24, 2.45) is 0 Å². The van der Waals surface area contributed by atoms with E-state index in [0.29, 0.717) is 21.9 Å². The van der Waals surface area contributed by atoms with Crippen LogP contribution in [0, 0.1) is 18.8 Å². The van der Waals surface area contributed by atoms with E-state index in [2.05, 4.69) is 16.6 Å². The Balaban J connectivity index is 2.34. The third-order valence-corrected chi connectivity index (χ3v) is 5.99. The zero-order valence-corrected chi connectivity index (χ0v) is 21.6. The Kier molecular flexibility index (Phi) is 8.23. The van der Waals surface area contributed by atoms with Crippen molar-refractivity contribution in [1.29, 1.82) is 0 Å². The van der Waals surface area contributed by atoms with E-state index in [0.717, 1.165) is 5.56 Å². The van der Waals surface area contributed by atoms with Gasteiger partial charge in [-0.1, -0.05) is 29.5 Å². The molecule has 33 heavy (non-hydrogen) atoms. The lowest BCUT2D eigenvalue weighted by molar-refractivity contribution is -0.157. The molecule has 0 aliphatic rings. The molecule has 0 atom stereocenters. The van der Waals surface area contributed by atoms with Gasteiger partial charge in [-0.3, -0.25) is 0 Å². The van der Waals surface area contributed by atoms with Crippen molar-refractivity contribution < 1.29 is 22.7 Å². The topological polar surface area (TPSA) is 81.7 Å². The summed E-state index contributed by atoms with van der Waals surface area (Å²) in [6.45, 7) is 12.2. The van der Waals surface area contributed by atoms with Crippen LogP contribution in [0.1, 0.15) is 58.2 Å². The van der Waals surface area contributed by atoms with E-state index in [4.69, 9.17) is 21.1 Å². The normalized spacial score (nSPS) is 12.0. The van der Waals surface area contributed by atoms with E-state index in [-0.39, 0.29) is 11.5 Å². The van der Waals surface area contributed by atoms with E-state index in [1.165, 1.54) is 6.07 Å². The number of carbonyl (C=O) groups excluding carboxylic acids is 1. The number of halogens is 1. The molecule has 0 saturated carbocycles. The van der Waals surface area contributed by atoms with Gasteiger partial charge in [-0.25, -0.2) is 17.9 Å². The Labute approximate surface area is 201 Å². The highest BCUT2D eigenvalue weighted by Crippen LogP contribution is 2.23. The summed E-state index contributed by atoms with van der Waals surface area (Å²) in [4.78, 5) is 12.1. The minimum Gasteiger partial charge on any atom is -0.481 e. The average Bonchev–Trinajstić information content (AvgIpc) is 2.63. The molecule has 6 nitrogen and oxygen atoms in total. The van der Waals surface area contributed by atoms with Crippen LogP contribution in [0.5, 0.6) is 5.75 Å². The van der Waals surface area contributed by atoms with E-state index < -0.39 is 27.1 Å². The lowest BCUT2D eigenvalue weighted by Crippen LogP contribution is -2.40. The summed E-state index contributed by atoms with van der Waals surface area (Å²) >= 11 is 6.12. The van der Waals surface area contributed by atoms with Gasteiger partial charge in [0.1, 0.15) is 11.4 Å². The van der Waals surface area contributed by atoms with Gasteiger partial charge in [-0.15, -0.1) is 0 Å². The molecular formula is C25H30ClNO5S. The van der Waals surface area contributed by atoms with Crippen LogP contribution in [-0.4, -0.2) is 32.1 Å². The van der Waals surface area contributed by atoms with Gasteiger partial charge in [0.15, 0.2) is 6.61 Å². The third kappa shape index (κ3) is 8.73. The van der Waals surface area contributed by atoms with Crippen molar-refractivity contribution in [3.63, 3.8) is 0 Å². The molecular weight excluding hydrogens is 462 g/mol. The monoisotopic (exact) mass is 491 g/mol. The summed E-state index contributed by atoms with van der Waals surface area (Å²) in [6.07, 6.45) is 0. The van der Waals surface area contributed by atoms with Crippen LogP contribution in [0.3, 0.4) is 0 Å². The number of ether oxygens (including phenoxy) is 2. The smallest absolute Gasteiger partial charge is 0.344 e. The van der Waals surface area contributed by atoms with Crippen LogP contribution >= 0.6 is 11.6 Å². The summed E-state index contributed by atoms with van der Waals surface area (Å²) in [7, 11) is -3.70. The third-order valence-electron chi connectivity index (χ3n) is 4.00. The van der Waals surface area contributed by atoms with Crippen LogP contribution in [-0.2, 0) is 19.6 Å². The maximum atomic E-state index is 12.7. The van der Waals surface area contributed by atoms with Gasteiger partial charge in [0, 0.05) is 16.1 Å². The molecule has 0 unspecified atom stereocenters. The van der Waals surface area contributed by atoms with Crippen molar-refractivity contribution in [3.8, 4) is 17.6 Å². The number of rotatable bonds is 5. The van der Waals surface area contributed by atoms with Crippen LogP contribution in [0.25, 0.3) is 0 Å². The Morgan fingerprint density at radius 1 is 1.00 bits per heavy atom. The fraction of sp³-hybridized carbons (Fsp3) is 0.400. The first-order valence-corrected chi connectivity index (χ1v) is 12.2. The summed E-state index contributed by atoms with van der Waals surface area (Å²) in [6, 6.07) is 9.66. The maximum Gasteiger partial charge on any atom is 0.344 e. The summed E-state index contributed by atoms with van der Waals surface area (Å²) in [5, 5.41) is 0.450. The molecule has 0 bridgehead atoms. The first-order valence-electron chi connectivity index (χ1n) is 10.4. The second-order valence-corrected chi connectivity index (χ2v) is 11.7. The number of aryl methyl sites for hydroxylation is 1. The van der Waals surface area contributed by atoms with Crippen LogP contribution in [0.2, 0.25) is 5.02 Å². The Bertz CT molecular complexity index is 1200. The van der Waals surface area contributed by atoms with Gasteiger partial charge in [0.2, 0.25) is 10.0 Å². The molecule has 1 N–H and O–H groups in total. The highest BCUT2D eigenvalue weighted by atomic mass is 35.5. The molecule has 2 rings (SSSR count). The molecule has 0 spiro atoms. The van der Waals surface area contributed by atoms with Crippen molar-refractivity contribution in [3.05, 3.63) is 58.1 Å². The highest BCUT2D eigenvalue weighted by Gasteiger charge is 2.22. The number of hydrogen-bond donors (Lipinski definition) is 1. The number of esters is 1. The second-order valence-electron chi connectivity index (χ2n) is 9.60. The molecule has 0 aromatic heterocycles. The average molecular weight is 492 g/mol. The number of sulfonamides is 1. The maximum absolute atomic E-state index is 12.7. The van der Waals surface area contributed by atoms with Gasteiger partial charge < -0.3 is 9.47 Å². The molecule has 0 heterocycles. The van der Waals surface area contributed by atoms with Crippen molar-refractivity contribution in [2.75, 3.05) is 6.61 Å². The SMILES string of the molecule is Cc1ccc(S(=O)(=O)NC(C)(C)C)cc1C#Cc1cc(Cl)ccc1OCC(=O)OC(C)(C)C. The molecule has 0 aliphatic carbocycles. The standard InChI is InChI=1S/C25H30ClNO5S/c1-17-8-12-21(33(29,30)27-24(2,3)4)15-18(17)9-10-19-14-20(26)11-13-22(19)31-16-23(28)32-25(5,6)7/h8,11-15,27H,16H2,1-7H3. The van der Waals surface area contributed by atoms with Gasteiger partial charge in [-0.2, -0.15) is 0 Å². The molecule has 0 aliphatic heterocycles. The zero-order chi connectivity index (χ0) is 25.0. The molecule has 2 aromatic rings. The minimum atomic E-state index is -3.70. The van der Waals surface area contributed by atoms with E-state index in [1.54, 1.807) is 71.9 Å². The first kappa shape index (κ1) is 26.7. The quantitative estimate of drug-likeness (QED) is 0.477. The number of carbonyl (C=O) groups is 1. The molecule has 178 valence electrons. The van der Waals surface area contributed by atoms with Crippen molar-refractivity contribution in [1.82, 2.24) is 4.72 Å². The van der Waals surface area contributed by atoms with E-state index in [1.807, 2.05) is 6.92 Å². The first-order chi connectivity index (χ1) is 15.1. The number of hydrogen-bond acceptors (Lipinski definition) is 5. The molecule has 0 fully saturated rings. The van der Waals surface area contributed by atoms with Crippen molar-refractivity contribution >= 4 is 27.6 Å². The van der Waals surface area contributed by atoms with Gasteiger partial charge in [-0.05, 0) is 84.4 Å². The van der Waals surface area contributed by atoms with Gasteiger partial charge >= 0.3 is 5.97 Å². The van der Waals surface area contributed by atoms with Crippen LogP contribution < -0.4 is 9.46 Å². The number of benzene rings is 2. The lowest BCUT2D eigenvalue weighted by atomic mass is 10.1. The number of nitrogens with one attached hydrogen (secondary N) is 1. The fourth-order valence-corrected chi connectivity index (χ4v) is 4.35. The minimum absolute atomic E-state index is 0.125. The van der Waals surface area contributed by atoms with Crippen LogP contribution in [0.15, 0.2) is 41.3 Å². The molecule has 0 radical (unpaired) electrons. The Hall–Kier alpha value is -2.53. The molecule has 0 amide bonds. The predicted molar refractivity (Wildman–Crippen MR) is 130 cm³/mol. The molecule has 8 heteroatoms. The largest absolute Gasteiger partial charge is 0.481 e. The Morgan fingerprint density at radius 3 is 2.24 bits per heavy atom. The summed E-state index contributed by atoms with van der Waals surface area (Å²) < 4.78 is 38.9. The lowest BCUT2D eigenvalue weighted by Gasteiger charge is -2.20. The second kappa shape index (κ2) is 10.2. The van der Waals surface area contributed by atoms with Crippen LogP contribution in [0.4, 0.5) is 0 Å². The highest BCUT2D eigenvalue weighted by molar-refractivity contribution is 7.89. The molecule has 2 aromatic carbocycles. The van der Waals surface area contributed by atoms with E-state index in [9.17, 15) is 13.2 Å². The Morgan fingerprint density at radius 2 is 1.64 bits per heavy atom. The van der Waals surface area contributed by atoms with Gasteiger partial charge in [0.25, 0.3) is 0 Å². The predicted octanol–water partition coefficient (Wildman–Crippen LogP) is 4.85. The summed E-state index contributed by atoms with van der Waals surface area (Å²) in [5.74, 6) is 5.85. The summed E-state index contributed by atoms with van der Waals surface area (Å²) in [5.41, 5.74) is 0.594.